The molecule has 0 spiro atoms. The molecule has 134 valence electrons. The average Bonchev–Trinajstić information content (AvgIpc) is 3.12. The fourth-order valence-electron chi connectivity index (χ4n) is 2.32. The quantitative estimate of drug-likeness (QED) is 0.334. The third-order valence-electron chi connectivity index (χ3n) is 3.63. The van der Waals surface area contributed by atoms with Crippen molar-refractivity contribution >= 4 is 17.4 Å². The number of carbonyl (C=O) groups is 2. The lowest BCUT2D eigenvalue weighted by Gasteiger charge is -2.08. The molecule has 0 saturated carbocycles. The number of nitro benzene ring substituents is 1. The number of ketones is 1. The van der Waals surface area contributed by atoms with Crippen LogP contribution in [0.3, 0.4) is 0 Å². The van der Waals surface area contributed by atoms with Gasteiger partial charge >= 0.3 is 11.7 Å². The molecule has 0 N–H and O–H groups in total. The van der Waals surface area contributed by atoms with Crippen LogP contribution in [0.25, 0.3) is 0 Å². The minimum atomic E-state index is -0.712. The number of hydrogen-bond acceptors (Lipinski definition) is 8. The van der Waals surface area contributed by atoms with Crippen LogP contribution in [-0.2, 0) is 4.74 Å². The summed E-state index contributed by atoms with van der Waals surface area (Å²) in [6, 6.07) is 8.27. The van der Waals surface area contributed by atoms with Crippen LogP contribution in [0.1, 0.15) is 20.7 Å². The molecule has 0 aliphatic carbocycles. The number of nitrogens with zero attached hydrogens (tertiary/aromatic N) is 1. The van der Waals surface area contributed by atoms with E-state index in [4.69, 9.17) is 14.2 Å². The molecule has 0 bridgehead atoms. The zero-order chi connectivity index (χ0) is 18.7. The molecule has 2 aromatic rings. The summed E-state index contributed by atoms with van der Waals surface area (Å²) in [4.78, 5) is 34.2. The summed E-state index contributed by atoms with van der Waals surface area (Å²) in [5.41, 5.74) is -0.108. The van der Waals surface area contributed by atoms with Gasteiger partial charge < -0.3 is 18.9 Å². The summed E-state index contributed by atoms with van der Waals surface area (Å²) in [6.45, 7) is -0.333. The molecule has 0 aromatic heterocycles. The highest BCUT2D eigenvalue weighted by atomic mass is 16.7. The monoisotopic (exact) mass is 359 g/mol. The molecule has 0 saturated heterocycles. The van der Waals surface area contributed by atoms with Crippen LogP contribution >= 0.6 is 0 Å². The third kappa shape index (κ3) is 3.41. The van der Waals surface area contributed by atoms with Crippen molar-refractivity contribution in [1.82, 2.24) is 0 Å². The molecule has 26 heavy (non-hydrogen) atoms. The van der Waals surface area contributed by atoms with E-state index in [1.54, 1.807) is 12.1 Å². The van der Waals surface area contributed by atoms with Crippen LogP contribution in [0.4, 0.5) is 5.69 Å². The van der Waals surface area contributed by atoms with Crippen molar-refractivity contribution in [3.05, 3.63) is 57.6 Å². The number of fused-ring (bicyclic) bond motifs is 1. The largest absolute Gasteiger partial charge is 0.478 e. The first kappa shape index (κ1) is 17.2. The molecule has 3 rings (SSSR count). The fourth-order valence-corrected chi connectivity index (χ4v) is 2.32. The lowest BCUT2D eigenvalue weighted by molar-refractivity contribution is -0.385. The molecule has 1 aliphatic rings. The first-order valence-electron chi connectivity index (χ1n) is 7.42. The number of methoxy groups -OCH3 is 1. The predicted molar refractivity (Wildman–Crippen MR) is 86.8 cm³/mol. The van der Waals surface area contributed by atoms with Crippen molar-refractivity contribution in [1.29, 1.82) is 0 Å². The Bertz CT molecular complexity index is 892. The van der Waals surface area contributed by atoms with Gasteiger partial charge in [0.1, 0.15) is 0 Å². The molecule has 0 amide bonds. The Morgan fingerprint density at radius 2 is 1.85 bits per heavy atom. The molecule has 0 unspecified atom stereocenters. The maximum atomic E-state index is 12.3. The van der Waals surface area contributed by atoms with Crippen molar-refractivity contribution in [3.8, 4) is 17.2 Å². The number of hydrogen-bond donors (Lipinski definition) is 0. The second-order valence-electron chi connectivity index (χ2n) is 5.21. The van der Waals surface area contributed by atoms with Crippen LogP contribution in [0, 0.1) is 10.1 Å². The minimum absolute atomic E-state index is 0.00801. The van der Waals surface area contributed by atoms with Crippen LogP contribution < -0.4 is 14.2 Å². The van der Waals surface area contributed by atoms with Gasteiger partial charge in [-0.25, -0.2) is 4.79 Å². The number of benzene rings is 2. The molecular weight excluding hydrogens is 346 g/mol. The van der Waals surface area contributed by atoms with E-state index >= 15 is 0 Å². The smallest absolute Gasteiger partial charge is 0.338 e. The lowest BCUT2D eigenvalue weighted by Crippen LogP contribution is -2.12. The van der Waals surface area contributed by atoms with Crippen molar-refractivity contribution in [2.45, 2.75) is 0 Å². The molecule has 9 heteroatoms. The van der Waals surface area contributed by atoms with Crippen LogP contribution in [-0.4, -0.2) is 37.2 Å². The van der Waals surface area contributed by atoms with Gasteiger partial charge in [-0.1, -0.05) is 0 Å². The van der Waals surface area contributed by atoms with E-state index in [2.05, 4.69) is 4.74 Å². The van der Waals surface area contributed by atoms with Gasteiger partial charge in [-0.15, -0.1) is 0 Å². The van der Waals surface area contributed by atoms with Gasteiger partial charge in [0.05, 0.1) is 17.6 Å². The molecular formula is C17H13NO8. The van der Waals surface area contributed by atoms with Gasteiger partial charge in [0.15, 0.2) is 29.6 Å². The summed E-state index contributed by atoms with van der Waals surface area (Å²) in [7, 11) is 1.17. The summed E-state index contributed by atoms with van der Waals surface area (Å²) in [5, 5.41) is 11.2. The Hall–Kier alpha value is -3.62. The van der Waals surface area contributed by atoms with Crippen LogP contribution in [0.15, 0.2) is 36.4 Å². The lowest BCUT2D eigenvalue weighted by atomic mass is 10.1. The van der Waals surface area contributed by atoms with Crippen LogP contribution in [0.5, 0.6) is 17.2 Å². The van der Waals surface area contributed by atoms with E-state index < -0.39 is 29.0 Å². The van der Waals surface area contributed by atoms with Gasteiger partial charge in [-0.05, 0) is 30.3 Å². The van der Waals surface area contributed by atoms with Gasteiger partial charge in [0.25, 0.3) is 0 Å². The van der Waals surface area contributed by atoms with E-state index in [9.17, 15) is 19.7 Å². The van der Waals surface area contributed by atoms with Crippen molar-refractivity contribution in [2.75, 3.05) is 20.5 Å². The van der Waals surface area contributed by atoms with E-state index in [0.29, 0.717) is 17.1 Å². The highest BCUT2D eigenvalue weighted by Crippen LogP contribution is 2.33. The van der Waals surface area contributed by atoms with E-state index in [-0.39, 0.29) is 18.1 Å². The summed E-state index contributed by atoms with van der Waals surface area (Å²) in [5.74, 6) is -0.247. The second-order valence-corrected chi connectivity index (χ2v) is 5.21. The minimum Gasteiger partial charge on any atom is -0.478 e. The molecule has 0 radical (unpaired) electrons. The molecule has 0 fully saturated rings. The number of rotatable bonds is 6. The highest BCUT2D eigenvalue weighted by molar-refractivity contribution is 5.98. The molecule has 2 aromatic carbocycles. The van der Waals surface area contributed by atoms with Crippen molar-refractivity contribution in [2.24, 2.45) is 0 Å². The van der Waals surface area contributed by atoms with Crippen molar-refractivity contribution < 1.29 is 33.5 Å². The maximum Gasteiger partial charge on any atom is 0.338 e. The number of Topliss-reactive ketones (excluding diaryl/α,β-unsaturated/α-hetero) is 1. The van der Waals surface area contributed by atoms with Gasteiger partial charge in [-0.3, -0.25) is 14.9 Å². The standard InChI is InChI=1S/C17H13NO8/c1-23-17(20)11-3-4-14(12(6-11)18(21)22)24-8-13(19)10-2-5-15-16(7-10)26-9-25-15/h2-7H,8-9H2,1H3. The van der Waals surface area contributed by atoms with Gasteiger partial charge in [0, 0.05) is 11.6 Å². The number of nitro groups is 1. The highest BCUT2D eigenvalue weighted by Gasteiger charge is 2.21. The first-order chi connectivity index (χ1) is 12.5. The molecule has 0 atom stereocenters. The first-order valence-corrected chi connectivity index (χ1v) is 7.42. The summed E-state index contributed by atoms with van der Waals surface area (Å²) < 4.78 is 20.2. The van der Waals surface area contributed by atoms with Gasteiger partial charge in [0.2, 0.25) is 6.79 Å². The zero-order valence-corrected chi connectivity index (χ0v) is 13.6. The number of ether oxygens (including phenoxy) is 4. The Labute approximate surface area is 147 Å². The number of esters is 1. The SMILES string of the molecule is COC(=O)c1ccc(OCC(=O)c2ccc3c(c2)OCO3)c([N+](=O)[O-])c1. The third-order valence-corrected chi connectivity index (χ3v) is 3.63. The maximum absolute atomic E-state index is 12.3. The number of carbonyl (C=O) groups excluding carboxylic acids is 2. The molecule has 1 heterocycles. The Kier molecular flexibility index (Phi) is 4.70. The van der Waals surface area contributed by atoms with E-state index in [1.807, 2.05) is 0 Å². The summed E-state index contributed by atoms with van der Waals surface area (Å²) >= 11 is 0. The van der Waals surface area contributed by atoms with Crippen LogP contribution in [0.2, 0.25) is 0 Å². The molecule has 9 nitrogen and oxygen atoms in total. The average molecular weight is 359 g/mol. The summed E-state index contributed by atoms with van der Waals surface area (Å²) in [6.07, 6.45) is 0. The Balaban J connectivity index is 1.75. The zero-order valence-electron chi connectivity index (χ0n) is 13.6. The second kappa shape index (κ2) is 7.09. The molecule has 1 aliphatic heterocycles. The van der Waals surface area contributed by atoms with Gasteiger partial charge in [-0.2, -0.15) is 0 Å². The predicted octanol–water partition coefficient (Wildman–Crippen LogP) is 2.37. The van der Waals surface area contributed by atoms with E-state index in [0.717, 1.165) is 6.07 Å². The fraction of sp³-hybridized carbons (Fsp3) is 0.176. The topological polar surface area (TPSA) is 114 Å². The van der Waals surface area contributed by atoms with Crippen molar-refractivity contribution in [3.63, 3.8) is 0 Å². The Morgan fingerprint density at radius 3 is 2.58 bits per heavy atom. The van der Waals surface area contributed by atoms with E-state index in [1.165, 1.54) is 25.3 Å². The normalized spacial score (nSPS) is 11.7. The Morgan fingerprint density at radius 1 is 1.12 bits per heavy atom.